The molecule has 0 bridgehead atoms. The van der Waals surface area contributed by atoms with Crippen molar-refractivity contribution in [2.45, 2.75) is 30.5 Å². The van der Waals surface area contributed by atoms with E-state index in [0.29, 0.717) is 0 Å². The molecular weight excluding hydrogens is 296 g/mol. The van der Waals surface area contributed by atoms with Crippen molar-refractivity contribution in [1.82, 2.24) is 0 Å². The molecular formula is C13H20N2O7. The van der Waals surface area contributed by atoms with Crippen LogP contribution < -0.4 is 11.1 Å². The predicted octanol–water partition coefficient (Wildman–Crippen LogP) is -3.00. The van der Waals surface area contributed by atoms with Gasteiger partial charge in [-0.2, -0.15) is 0 Å². The van der Waals surface area contributed by atoms with Crippen LogP contribution in [0.4, 0.5) is 11.4 Å². The third-order valence-corrected chi connectivity index (χ3v) is 3.09. The first-order valence-corrected chi connectivity index (χ1v) is 6.46. The molecule has 0 aliphatic carbocycles. The Labute approximate surface area is 126 Å². The second-order valence-electron chi connectivity index (χ2n) is 4.74. The van der Waals surface area contributed by atoms with Gasteiger partial charge in [0.2, 0.25) is 0 Å². The highest BCUT2D eigenvalue weighted by atomic mass is 16.4. The van der Waals surface area contributed by atoms with Crippen LogP contribution in [-0.4, -0.2) is 73.7 Å². The molecule has 1 aromatic carbocycles. The number of benzene rings is 1. The third-order valence-electron chi connectivity index (χ3n) is 3.09. The van der Waals surface area contributed by atoms with Crippen LogP contribution in [0, 0.1) is 0 Å². The van der Waals surface area contributed by atoms with Crippen molar-refractivity contribution in [3.05, 3.63) is 24.3 Å². The summed E-state index contributed by atoms with van der Waals surface area (Å²) in [7, 11) is 0. The molecule has 0 fully saturated rings. The van der Waals surface area contributed by atoms with Crippen LogP contribution >= 0.6 is 0 Å². The Kier molecular flexibility index (Phi) is 6.68. The summed E-state index contributed by atoms with van der Waals surface area (Å²) in [5.41, 5.74) is 6.03. The number of anilines is 2. The van der Waals surface area contributed by atoms with Gasteiger partial charge in [-0.15, -0.1) is 0 Å². The number of para-hydroxylation sites is 2. The summed E-state index contributed by atoms with van der Waals surface area (Å²) in [4.78, 5) is 11.8. The Balaban J connectivity index is 2.71. The zero-order chi connectivity index (χ0) is 16.9. The van der Waals surface area contributed by atoms with Gasteiger partial charge in [0.05, 0.1) is 18.0 Å². The average Bonchev–Trinajstić information content (AvgIpc) is 2.53. The molecule has 0 aromatic heterocycles. The van der Waals surface area contributed by atoms with Crippen LogP contribution in [0.5, 0.6) is 0 Å². The SMILES string of the molecule is Nc1ccccc1NC(=O)[C@H](O)[C@H](O)[C@@H](O)[C@H](O)[C@H](O)CO. The van der Waals surface area contributed by atoms with Crippen LogP contribution in [0.3, 0.4) is 0 Å². The standard InChI is InChI=1S/C13H20N2O7/c14-6-3-1-2-4-7(6)15-13(22)12(21)11(20)10(19)9(18)8(17)5-16/h1-4,8-12,16-21H,5,14H2,(H,15,22)/t8-,9-,10+,11-,12-/m1/s1. The van der Waals surface area contributed by atoms with Gasteiger partial charge in [-0.05, 0) is 12.1 Å². The highest BCUT2D eigenvalue weighted by molar-refractivity contribution is 5.96. The average molecular weight is 316 g/mol. The van der Waals surface area contributed by atoms with Crippen LogP contribution in [0.25, 0.3) is 0 Å². The molecule has 9 nitrogen and oxygen atoms in total. The second kappa shape index (κ2) is 8.03. The van der Waals surface area contributed by atoms with Gasteiger partial charge in [-0.3, -0.25) is 4.79 Å². The van der Waals surface area contributed by atoms with Crippen molar-refractivity contribution in [2.24, 2.45) is 0 Å². The summed E-state index contributed by atoms with van der Waals surface area (Å²) in [6, 6.07) is 6.19. The number of amides is 1. The number of carbonyl (C=O) groups is 1. The van der Waals surface area contributed by atoms with Crippen molar-refractivity contribution in [3.63, 3.8) is 0 Å². The van der Waals surface area contributed by atoms with E-state index in [9.17, 15) is 25.2 Å². The van der Waals surface area contributed by atoms with Gasteiger partial charge >= 0.3 is 0 Å². The summed E-state index contributed by atoms with van der Waals surface area (Å²) in [6.45, 7) is -0.867. The Morgan fingerprint density at radius 2 is 1.64 bits per heavy atom. The lowest BCUT2D eigenvalue weighted by Crippen LogP contribution is -2.52. The molecule has 0 aliphatic heterocycles. The lowest BCUT2D eigenvalue weighted by atomic mass is 9.99. The van der Waals surface area contributed by atoms with Gasteiger partial charge < -0.3 is 41.7 Å². The van der Waals surface area contributed by atoms with E-state index in [0.717, 1.165) is 0 Å². The van der Waals surface area contributed by atoms with E-state index in [1.807, 2.05) is 0 Å². The van der Waals surface area contributed by atoms with Crippen LogP contribution in [0.15, 0.2) is 24.3 Å². The molecule has 0 saturated carbocycles. The van der Waals surface area contributed by atoms with Gasteiger partial charge in [0.15, 0.2) is 6.10 Å². The highest BCUT2D eigenvalue weighted by Crippen LogP contribution is 2.18. The Bertz CT molecular complexity index is 499. The van der Waals surface area contributed by atoms with E-state index < -0.39 is 43.0 Å². The van der Waals surface area contributed by atoms with Gasteiger partial charge in [0.1, 0.15) is 24.4 Å². The molecule has 0 spiro atoms. The number of nitrogens with one attached hydrogen (secondary N) is 1. The molecule has 0 aliphatic rings. The fraction of sp³-hybridized carbons (Fsp3) is 0.462. The first-order chi connectivity index (χ1) is 10.3. The highest BCUT2D eigenvalue weighted by Gasteiger charge is 2.37. The third kappa shape index (κ3) is 4.37. The minimum Gasteiger partial charge on any atom is -0.397 e. The molecule has 5 atom stereocenters. The fourth-order valence-corrected chi connectivity index (χ4v) is 1.70. The molecule has 0 unspecified atom stereocenters. The maximum atomic E-state index is 11.8. The molecule has 1 rings (SSSR count). The van der Waals surface area contributed by atoms with Crippen molar-refractivity contribution in [1.29, 1.82) is 0 Å². The van der Waals surface area contributed by atoms with Crippen molar-refractivity contribution in [3.8, 4) is 0 Å². The molecule has 1 aromatic rings. The Hall–Kier alpha value is -1.75. The fourth-order valence-electron chi connectivity index (χ4n) is 1.70. The number of hydrogen-bond acceptors (Lipinski definition) is 8. The zero-order valence-electron chi connectivity index (χ0n) is 11.6. The molecule has 22 heavy (non-hydrogen) atoms. The smallest absolute Gasteiger partial charge is 0.256 e. The minimum atomic E-state index is -2.09. The molecule has 124 valence electrons. The molecule has 9 N–H and O–H groups in total. The van der Waals surface area contributed by atoms with E-state index in [2.05, 4.69) is 5.32 Å². The van der Waals surface area contributed by atoms with E-state index in [1.165, 1.54) is 12.1 Å². The number of aliphatic hydroxyl groups is 6. The van der Waals surface area contributed by atoms with E-state index in [-0.39, 0.29) is 11.4 Å². The quantitative estimate of drug-likeness (QED) is 0.245. The molecule has 1 amide bonds. The monoisotopic (exact) mass is 316 g/mol. The summed E-state index contributed by atoms with van der Waals surface area (Å²) >= 11 is 0. The van der Waals surface area contributed by atoms with E-state index in [4.69, 9.17) is 15.9 Å². The summed E-state index contributed by atoms with van der Waals surface area (Å²) in [5, 5.41) is 58.5. The summed E-state index contributed by atoms with van der Waals surface area (Å²) < 4.78 is 0. The molecule has 0 radical (unpaired) electrons. The van der Waals surface area contributed by atoms with Gasteiger partial charge in [0, 0.05) is 0 Å². The first-order valence-electron chi connectivity index (χ1n) is 6.46. The maximum Gasteiger partial charge on any atom is 0.256 e. The Morgan fingerprint density at radius 1 is 1.05 bits per heavy atom. The van der Waals surface area contributed by atoms with Crippen molar-refractivity contribution in [2.75, 3.05) is 17.7 Å². The van der Waals surface area contributed by atoms with Crippen LogP contribution in [-0.2, 0) is 4.79 Å². The summed E-state index contributed by atoms with van der Waals surface area (Å²) in [5.74, 6) is -1.06. The van der Waals surface area contributed by atoms with Crippen LogP contribution in [0.2, 0.25) is 0 Å². The number of nitrogen functional groups attached to an aromatic ring is 1. The van der Waals surface area contributed by atoms with Crippen molar-refractivity contribution >= 4 is 17.3 Å². The maximum absolute atomic E-state index is 11.8. The normalized spacial score (nSPS) is 18.1. The topological polar surface area (TPSA) is 176 Å². The molecule has 0 heterocycles. The Morgan fingerprint density at radius 3 is 2.18 bits per heavy atom. The van der Waals surface area contributed by atoms with E-state index >= 15 is 0 Å². The van der Waals surface area contributed by atoms with Crippen molar-refractivity contribution < 1.29 is 35.4 Å². The van der Waals surface area contributed by atoms with Crippen LogP contribution in [0.1, 0.15) is 0 Å². The second-order valence-corrected chi connectivity index (χ2v) is 4.74. The molecule has 9 heteroatoms. The number of carbonyl (C=O) groups excluding carboxylic acids is 1. The lowest BCUT2D eigenvalue weighted by Gasteiger charge is -2.28. The number of nitrogens with two attached hydrogens (primary N) is 1. The minimum absolute atomic E-state index is 0.198. The number of aliphatic hydroxyl groups excluding tert-OH is 6. The number of hydrogen-bond donors (Lipinski definition) is 8. The zero-order valence-corrected chi connectivity index (χ0v) is 11.6. The van der Waals surface area contributed by atoms with Gasteiger partial charge in [0.25, 0.3) is 5.91 Å². The lowest BCUT2D eigenvalue weighted by molar-refractivity contribution is -0.153. The van der Waals surface area contributed by atoms with Gasteiger partial charge in [-0.25, -0.2) is 0 Å². The predicted molar refractivity (Wildman–Crippen MR) is 76.6 cm³/mol. The molecule has 0 saturated heterocycles. The largest absolute Gasteiger partial charge is 0.397 e. The summed E-state index contributed by atoms with van der Waals surface area (Å²) in [6.07, 6.45) is -9.89. The number of rotatable bonds is 7. The first kappa shape index (κ1) is 18.3. The van der Waals surface area contributed by atoms with E-state index in [1.54, 1.807) is 12.1 Å². The van der Waals surface area contributed by atoms with Gasteiger partial charge in [-0.1, -0.05) is 12.1 Å².